The molecule has 25 heavy (non-hydrogen) atoms. The van der Waals surface area contributed by atoms with Crippen LogP contribution in [0.4, 0.5) is 4.79 Å². The number of carbonyl (C=O) groups is 1. The van der Waals surface area contributed by atoms with Crippen molar-refractivity contribution in [1.82, 2.24) is 20.5 Å². The van der Waals surface area contributed by atoms with Gasteiger partial charge in [0.25, 0.3) is 0 Å². The summed E-state index contributed by atoms with van der Waals surface area (Å²) in [6, 6.07) is 7.52. The molecule has 0 bridgehead atoms. The normalized spacial score (nSPS) is 17.6. The first-order valence-corrected chi connectivity index (χ1v) is 8.96. The topological polar surface area (TPSA) is 70.4 Å². The highest BCUT2D eigenvalue weighted by molar-refractivity contribution is 5.74. The van der Waals surface area contributed by atoms with Crippen molar-refractivity contribution in [2.24, 2.45) is 0 Å². The van der Waals surface area contributed by atoms with Gasteiger partial charge in [-0.1, -0.05) is 12.5 Å². The number of nitrogens with one attached hydrogen (secondary N) is 2. The van der Waals surface area contributed by atoms with Crippen molar-refractivity contribution in [1.29, 1.82) is 0 Å². The number of amides is 2. The van der Waals surface area contributed by atoms with Crippen molar-refractivity contribution in [3.63, 3.8) is 0 Å². The van der Waals surface area contributed by atoms with Gasteiger partial charge < -0.3 is 15.1 Å². The third kappa shape index (κ3) is 4.82. The van der Waals surface area contributed by atoms with Gasteiger partial charge in [0.05, 0.1) is 18.3 Å². The second kappa shape index (κ2) is 8.67. The number of aromatic nitrogens is 1. The van der Waals surface area contributed by atoms with E-state index in [-0.39, 0.29) is 18.1 Å². The third-order valence-electron chi connectivity index (χ3n) is 4.69. The minimum absolute atomic E-state index is 0.0785. The first-order chi connectivity index (χ1) is 12.2. The van der Waals surface area contributed by atoms with Crippen LogP contribution < -0.4 is 10.6 Å². The summed E-state index contributed by atoms with van der Waals surface area (Å²) < 4.78 is 5.61. The standard InChI is InChI=1S/C19H26N4O2/c1-15(16-7-5-9-20-13-16)22-19(24)21-14-17(18-8-6-12-25-18)23-10-3-2-4-11-23/h5-9,12-13,15,17H,2-4,10-11,14H2,1H3,(H2,21,22,24)/t15-,17-/m1/s1. The summed E-state index contributed by atoms with van der Waals surface area (Å²) in [4.78, 5) is 18.8. The molecule has 134 valence electrons. The number of carbonyl (C=O) groups excluding carboxylic acids is 1. The molecular weight excluding hydrogens is 316 g/mol. The second-order valence-corrected chi connectivity index (χ2v) is 6.49. The third-order valence-corrected chi connectivity index (χ3v) is 4.69. The summed E-state index contributed by atoms with van der Waals surface area (Å²) in [6.07, 6.45) is 8.85. The lowest BCUT2D eigenvalue weighted by molar-refractivity contribution is 0.143. The van der Waals surface area contributed by atoms with E-state index in [4.69, 9.17) is 4.42 Å². The van der Waals surface area contributed by atoms with Gasteiger partial charge in [-0.15, -0.1) is 0 Å². The maximum absolute atomic E-state index is 12.3. The Morgan fingerprint density at radius 1 is 1.28 bits per heavy atom. The van der Waals surface area contributed by atoms with E-state index in [1.807, 2.05) is 31.2 Å². The minimum Gasteiger partial charge on any atom is -0.468 e. The smallest absolute Gasteiger partial charge is 0.315 e. The van der Waals surface area contributed by atoms with Crippen LogP contribution in [0, 0.1) is 0 Å². The van der Waals surface area contributed by atoms with Gasteiger partial charge in [-0.3, -0.25) is 9.88 Å². The summed E-state index contributed by atoms with van der Waals surface area (Å²) in [5.41, 5.74) is 0.983. The van der Waals surface area contributed by atoms with Crippen LogP contribution in [0.2, 0.25) is 0 Å². The van der Waals surface area contributed by atoms with E-state index < -0.39 is 0 Å². The Hall–Kier alpha value is -2.34. The van der Waals surface area contributed by atoms with Crippen LogP contribution >= 0.6 is 0 Å². The van der Waals surface area contributed by atoms with Gasteiger partial charge in [-0.05, 0) is 56.6 Å². The maximum Gasteiger partial charge on any atom is 0.315 e. The zero-order valence-corrected chi connectivity index (χ0v) is 14.6. The Balaban J connectivity index is 1.56. The van der Waals surface area contributed by atoms with E-state index in [1.165, 1.54) is 19.3 Å². The van der Waals surface area contributed by atoms with Crippen LogP contribution in [0.15, 0.2) is 47.3 Å². The number of likely N-dealkylation sites (tertiary alicyclic amines) is 1. The van der Waals surface area contributed by atoms with Crippen molar-refractivity contribution in [3.05, 3.63) is 54.2 Å². The molecule has 0 unspecified atom stereocenters. The number of urea groups is 1. The van der Waals surface area contributed by atoms with E-state index in [1.54, 1.807) is 18.7 Å². The van der Waals surface area contributed by atoms with Crippen LogP contribution in [0.5, 0.6) is 0 Å². The summed E-state index contributed by atoms with van der Waals surface area (Å²) >= 11 is 0. The number of furan rings is 1. The Labute approximate surface area is 148 Å². The molecule has 0 radical (unpaired) electrons. The van der Waals surface area contributed by atoms with Gasteiger partial charge in [0, 0.05) is 18.9 Å². The quantitative estimate of drug-likeness (QED) is 0.845. The molecule has 2 aromatic heterocycles. The van der Waals surface area contributed by atoms with Crippen molar-refractivity contribution in [2.45, 2.75) is 38.3 Å². The second-order valence-electron chi connectivity index (χ2n) is 6.49. The average Bonchev–Trinajstić information content (AvgIpc) is 3.18. The summed E-state index contributed by atoms with van der Waals surface area (Å²) in [5, 5.41) is 5.96. The lowest BCUT2D eigenvalue weighted by Gasteiger charge is -2.33. The van der Waals surface area contributed by atoms with Crippen molar-refractivity contribution < 1.29 is 9.21 Å². The summed E-state index contributed by atoms with van der Waals surface area (Å²) in [7, 11) is 0. The Morgan fingerprint density at radius 3 is 2.80 bits per heavy atom. The van der Waals surface area contributed by atoms with E-state index in [0.29, 0.717) is 6.54 Å². The molecule has 1 aliphatic heterocycles. The average molecular weight is 342 g/mol. The van der Waals surface area contributed by atoms with Gasteiger partial charge in [0.2, 0.25) is 0 Å². The molecule has 0 aliphatic carbocycles. The molecule has 2 aromatic rings. The fraction of sp³-hybridized carbons (Fsp3) is 0.474. The largest absolute Gasteiger partial charge is 0.468 e. The molecule has 6 heteroatoms. The molecule has 1 aliphatic rings. The predicted molar refractivity (Wildman–Crippen MR) is 96.1 cm³/mol. The molecule has 3 rings (SSSR count). The Bertz CT molecular complexity index is 639. The molecule has 2 atom stereocenters. The van der Waals surface area contributed by atoms with E-state index in [0.717, 1.165) is 24.4 Å². The number of hydrogen-bond donors (Lipinski definition) is 2. The lowest BCUT2D eigenvalue weighted by Crippen LogP contribution is -2.44. The van der Waals surface area contributed by atoms with Crippen molar-refractivity contribution >= 4 is 6.03 Å². The fourth-order valence-corrected chi connectivity index (χ4v) is 3.27. The highest BCUT2D eigenvalue weighted by Gasteiger charge is 2.25. The Kier molecular flexibility index (Phi) is 6.06. The molecule has 3 heterocycles. The van der Waals surface area contributed by atoms with Crippen LogP contribution in [0.3, 0.4) is 0 Å². The maximum atomic E-state index is 12.3. The number of hydrogen-bond acceptors (Lipinski definition) is 4. The lowest BCUT2D eigenvalue weighted by atomic mass is 10.1. The van der Waals surface area contributed by atoms with Crippen LogP contribution in [-0.2, 0) is 0 Å². The summed E-state index contributed by atoms with van der Waals surface area (Å²) in [6.45, 7) is 4.56. The monoisotopic (exact) mass is 342 g/mol. The van der Waals surface area contributed by atoms with Gasteiger partial charge in [0.15, 0.2) is 0 Å². The molecule has 1 saturated heterocycles. The molecule has 6 nitrogen and oxygen atoms in total. The van der Waals surface area contributed by atoms with Crippen molar-refractivity contribution in [3.8, 4) is 0 Å². The van der Waals surface area contributed by atoms with Gasteiger partial charge in [0.1, 0.15) is 5.76 Å². The van der Waals surface area contributed by atoms with Gasteiger partial charge in [-0.25, -0.2) is 4.79 Å². The molecule has 2 N–H and O–H groups in total. The van der Waals surface area contributed by atoms with E-state index >= 15 is 0 Å². The van der Waals surface area contributed by atoms with Crippen LogP contribution in [-0.4, -0.2) is 35.5 Å². The van der Waals surface area contributed by atoms with Crippen LogP contribution in [0.1, 0.15) is 49.6 Å². The molecule has 2 amide bonds. The first-order valence-electron chi connectivity index (χ1n) is 8.96. The molecular formula is C19H26N4O2. The molecule has 1 fully saturated rings. The van der Waals surface area contributed by atoms with Gasteiger partial charge in [-0.2, -0.15) is 0 Å². The summed E-state index contributed by atoms with van der Waals surface area (Å²) in [5.74, 6) is 0.905. The minimum atomic E-state index is -0.176. The number of piperidine rings is 1. The van der Waals surface area contributed by atoms with E-state index in [9.17, 15) is 4.79 Å². The Morgan fingerprint density at radius 2 is 2.12 bits per heavy atom. The zero-order valence-electron chi connectivity index (χ0n) is 14.6. The number of nitrogens with zero attached hydrogens (tertiary/aromatic N) is 2. The van der Waals surface area contributed by atoms with Gasteiger partial charge >= 0.3 is 6.03 Å². The predicted octanol–water partition coefficient (Wildman–Crippen LogP) is 3.26. The fourth-order valence-electron chi connectivity index (χ4n) is 3.27. The zero-order chi connectivity index (χ0) is 17.5. The van der Waals surface area contributed by atoms with Crippen molar-refractivity contribution in [2.75, 3.05) is 19.6 Å². The molecule has 0 spiro atoms. The van der Waals surface area contributed by atoms with E-state index in [2.05, 4.69) is 20.5 Å². The molecule has 0 aromatic carbocycles. The SMILES string of the molecule is C[C@@H](NC(=O)NC[C@H](c1ccco1)N1CCCCC1)c1cccnc1. The van der Waals surface area contributed by atoms with Crippen LogP contribution in [0.25, 0.3) is 0 Å². The number of rotatable bonds is 6. The number of pyridine rings is 1. The molecule has 0 saturated carbocycles. The highest BCUT2D eigenvalue weighted by Crippen LogP contribution is 2.24. The first kappa shape index (κ1) is 17.5. The highest BCUT2D eigenvalue weighted by atomic mass is 16.3.